The van der Waals surface area contributed by atoms with Gasteiger partial charge < -0.3 is 14.6 Å². The first-order valence-corrected chi connectivity index (χ1v) is 8.80. The molecule has 0 aromatic heterocycles. The lowest BCUT2D eigenvalue weighted by Crippen LogP contribution is -2.10. The summed E-state index contributed by atoms with van der Waals surface area (Å²) in [6, 6.07) is 14.9. The molecule has 0 aliphatic carbocycles. The van der Waals surface area contributed by atoms with Gasteiger partial charge in [-0.1, -0.05) is 32.6 Å². The highest BCUT2D eigenvalue weighted by molar-refractivity contribution is 5.97. The molecule has 142 valence electrons. The second kappa shape index (κ2) is 7.96. The van der Waals surface area contributed by atoms with Crippen LogP contribution in [0.4, 0.5) is 0 Å². The maximum atomic E-state index is 12.6. The van der Waals surface area contributed by atoms with E-state index < -0.39 is 11.9 Å². The van der Waals surface area contributed by atoms with Crippen LogP contribution in [0.2, 0.25) is 0 Å². The van der Waals surface area contributed by atoms with Crippen molar-refractivity contribution in [2.45, 2.75) is 19.8 Å². The van der Waals surface area contributed by atoms with Crippen LogP contribution in [0.25, 0.3) is 10.8 Å². The quantitative estimate of drug-likeness (QED) is 0.386. The van der Waals surface area contributed by atoms with Gasteiger partial charge in [-0.25, -0.2) is 9.59 Å². The minimum atomic E-state index is -0.533. The zero-order valence-electron chi connectivity index (χ0n) is 15.6. The minimum Gasteiger partial charge on any atom is -0.508 e. The van der Waals surface area contributed by atoms with Gasteiger partial charge in [0.05, 0.1) is 5.56 Å². The molecule has 0 bridgehead atoms. The zero-order chi connectivity index (χ0) is 20.3. The van der Waals surface area contributed by atoms with Crippen molar-refractivity contribution >= 4 is 22.7 Å². The standard InChI is InChI=1S/C23H20O5/c1-4-22(25)27-19-9-7-15-11-17(6-5-16(15)12-19)23(26)28-21-10-8-18(24)13-20(21)14(2)3/h4-14,24H,1H2,2-3H3. The van der Waals surface area contributed by atoms with Gasteiger partial charge in [0.2, 0.25) is 0 Å². The normalized spacial score (nSPS) is 10.7. The summed E-state index contributed by atoms with van der Waals surface area (Å²) >= 11 is 0. The van der Waals surface area contributed by atoms with E-state index in [2.05, 4.69) is 6.58 Å². The topological polar surface area (TPSA) is 72.8 Å². The number of aromatic hydroxyl groups is 1. The van der Waals surface area contributed by atoms with Crippen molar-refractivity contribution in [3.63, 3.8) is 0 Å². The van der Waals surface area contributed by atoms with Gasteiger partial charge >= 0.3 is 11.9 Å². The molecule has 0 amide bonds. The third kappa shape index (κ3) is 4.20. The number of benzene rings is 3. The molecule has 0 radical (unpaired) electrons. The number of hydrogen-bond acceptors (Lipinski definition) is 5. The van der Waals surface area contributed by atoms with Crippen LogP contribution < -0.4 is 9.47 Å². The van der Waals surface area contributed by atoms with Crippen LogP contribution in [0.15, 0.2) is 67.3 Å². The molecule has 3 aromatic rings. The number of esters is 2. The number of carbonyl (C=O) groups excluding carboxylic acids is 2. The monoisotopic (exact) mass is 376 g/mol. The fourth-order valence-corrected chi connectivity index (χ4v) is 2.81. The number of ether oxygens (including phenoxy) is 2. The number of carbonyl (C=O) groups is 2. The van der Waals surface area contributed by atoms with Crippen LogP contribution in [-0.2, 0) is 4.79 Å². The third-order valence-electron chi connectivity index (χ3n) is 4.25. The molecule has 0 aliphatic rings. The van der Waals surface area contributed by atoms with E-state index in [4.69, 9.17) is 9.47 Å². The van der Waals surface area contributed by atoms with Gasteiger partial charge in [-0.15, -0.1) is 0 Å². The molecular formula is C23H20O5. The van der Waals surface area contributed by atoms with Crippen LogP contribution in [0, 0.1) is 0 Å². The Hall–Kier alpha value is -3.60. The Morgan fingerprint density at radius 3 is 2.39 bits per heavy atom. The lowest BCUT2D eigenvalue weighted by molar-refractivity contribution is -0.128. The summed E-state index contributed by atoms with van der Waals surface area (Å²) < 4.78 is 10.7. The smallest absolute Gasteiger partial charge is 0.343 e. The number of phenolic OH excluding ortho intramolecular Hbond substituents is 1. The van der Waals surface area contributed by atoms with Crippen molar-refractivity contribution in [3.8, 4) is 17.2 Å². The molecular weight excluding hydrogens is 356 g/mol. The van der Waals surface area contributed by atoms with Crippen LogP contribution >= 0.6 is 0 Å². The van der Waals surface area contributed by atoms with Gasteiger partial charge in [0.1, 0.15) is 17.2 Å². The van der Waals surface area contributed by atoms with E-state index in [1.54, 1.807) is 48.5 Å². The van der Waals surface area contributed by atoms with Crippen molar-refractivity contribution in [2.75, 3.05) is 0 Å². The van der Waals surface area contributed by atoms with Crippen LogP contribution in [-0.4, -0.2) is 17.0 Å². The molecule has 28 heavy (non-hydrogen) atoms. The maximum absolute atomic E-state index is 12.6. The summed E-state index contributed by atoms with van der Waals surface area (Å²) in [4.78, 5) is 23.9. The highest BCUT2D eigenvalue weighted by Gasteiger charge is 2.15. The van der Waals surface area contributed by atoms with E-state index in [-0.39, 0.29) is 11.7 Å². The van der Waals surface area contributed by atoms with Crippen molar-refractivity contribution < 1.29 is 24.2 Å². The Balaban J connectivity index is 1.85. The maximum Gasteiger partial charge on any atom is 0.343 e. The Bertz CT molecular complexity index is 1070. The van der Waals surface area contributed by atoms with Crippen molar-refractivity contribution in [1.82, 2.24) is 0 Å². The molecule has 0 unspecified atom stereocenters. The van der Waals surface area contributed by atoms with E-state index in [1.807, 2.05) is 13.8 Å². The van der Waals surface area contributed by atoms with Gasteiger partial charge in [-0.05, 0) is 59.2 Å². The first-order valence-electron chi connectivity index (χ1n) is 8.80. The summed E-state index contributed by atoms with van der Waals surface area (Å²) in [5, 5.41) is 11.3. The first kappa shape index (κ1) is 19.2. The molecule has 3 rings (SSSR count). The lowest BCUT2D eigenvalue weighted by Gasteiger charge is -2.13. The second-order valence-corrected chi connectivity index (χ2v) is 6.62. The van der Waals surface area contributed by atoms with Gasteiger partial charge in [0, 0.05) is 11.6 Å². The van der Waals surface area contributed by atoms with Gasteiger partial charge in [-0.3, -0.25) is 0 Å². The van der Waals surface area contributed by atoms with E-state index >= 15 is 0 Å². The Kier molecular flexibility index (Phi) is 5.45. The van der Waals surface area contributed by atoms with Crippen LogP contribution in [0.3, 0.4) is 0 Å². The largest absolute Gasteiger partial charge is 0.508 e. The van der Waals surface area contributed by atoms with Gasteiger partial charge in [-0.2, -0.15) is 0 Å². The Morgan fingerprint density at radius 2 is 1.68 bits per heavy atom. The van der Waals surface area contributed by atoms with E-state index in [0.717, 1.165) is 22.4 Å². The predicted molar refractivity (Wildman–Crippen MR) is 107 cm³/mol. The minimum absolute atomic E-state index is 0.0863. The molecule has 0 heterocycles. The third-order valence-corrected chi connectivity index (χ3v) is 4.25. The van der Waals surface area contributed by atoms with E-state index in [9.17, 15) is 14.7 Å². The Labute approximate surface area is 162 Å². The van der Waals surface area contributed by atoms with Crippen LogP contribution in [0.1, 0.15) is 35.7 Å². The highest BCUT2D eigenvalue weighted by atomic mass is 16.5. The lowest BCUT2D eigenvalue weighted by atomic mass is 10.0. The summed E-state index contributed by atoms with van der Waals surface area (Å²) in [5.41, 5.74) is 1.15. The molecule has 5 heteroatoms. The number of hydrogen-bond donors (Lipinski definition) is 1. The van der Waals surface area contributed by atoms with Crippen LogP contribution in [0.5, 0.6) is 17.2 Å². The summed E-state index contributed by atoms with van der Waals surface area (Å²) in [5.74, 6) is 0.0133. The molecule has 0 saturated heterocycles. The zero-order valence-corrected chi connectivity index (χ0v) is 15.6. The summed E-state index contributed by atoms with van der Waals surface area (Å²) in [6.45, 7) is 7.28. The first-order chi connectivity index (χ1) is 13.4. The van der Waals surface area contributed by atoms with E-state index in [0.29, 0.717) is 17.1 Å². The highest BCUT2D eigenvalue weighted by Crippen LogP contribution is 2.31. The summed E-state index contributed by atoms with van der Waals surface area (Å²) in [7, 11) is 0. The molecule has 3 aromatic carbocycles. The number of rotatable bonds is 5. The number of phenols is 1. The number of fused-ring (bicyclic) bond motifs is 1. The fourth-order valence-electron chi connectivity index (χ4n) is 2.81. The SMILES string of the molecule is C=CC(=O)Oc1ccc2cc(C(=O)Oc3ccc(O)cc3C(C)C)ccc2c1. The molecule has 0 fully saturated rings. The van der Waals surface area contributed by atoms with E-state index in [1.165, 1.54) is 6.07 Å². The molecule has 0 saturated carbocycles. The Morgan fingerprint density at radius 1 is 0.964 bits per heavy atom. The van der Waals surface area contributed by atoms with Crippen molar-refractivity contribution in [3.05, 3.63) is 78.4 Å². The van der Waals surface area contributed by atoms with Crippen molar-refractivity contribution in [1.29, 1.82) is 0 Å². The van der Waals surface area contributed by atoms with Crippen molar-refractivity contribution in [2.24, 2.45) is 0 Å². The fraction of sp³-hybridized carbons (Fsp3) is 0.130. The van der Waals surface area contributed by atoms with Gasteiger partial charge in [0.25, 0.3) is 0 Å². The average Bonchev–Trinajstić information content (AvgIpc) is 2.68. The molecule has 5 nitrogen and oxygen atoms in total. The molecule has 0 spiro atoms. The molecule has 0 aliphatic heterocycles. The van der Waals surface area contributed by atoms with Gasteiger partial charge in [0.15, 0.2) is 0 Å². The summed E-state index contributed by atoms with van der Waals surface area (Å²) in [6.07, 6.45) is 1.10. The average molecular weight is 376 g/mol. The predicted octanol–water partition coefficient (Wildman–Crippen LogP) is 4.98. The second-order valence-electron chi connectivity index (χ2n) is 6.62. The molecule has 0 atom stereocenters. The molecule has 1 N–H and O–H groups in total.